The summed E-state index contributed by atoms with van der Waals surface area (Å²) in [6, 6.07) is 15.1. The number of anilines is 1. The van der Waals surface area contributed by atoms with Crippen LogP contribution in [0.15, 0.2) is 48.5 Å². The summed E-state index contributed by atoms with van der Waals surface area (Å²) < 4.78 is 10.3. The summed E-state index contributed by atoms with van der Waals surface area (Å²) in [4.78, 5) is 13.9. The van der Waals surface area contributed by atoms with Crippen LogP contribution >= 0.6 is 11.6 Å². The van der Waals surface area contributed by atoms with Crippen LogP contribution in [0.25, 0.3) is 0 Å². The normalized spacial score (nSPS) is 10.2. The lowest BCUT2D eigenvalue weighted by molar-refractivity contribution is 0.101. The minimum absolute atomic E-state index is 0.251. The zero-order valence-corrected chi connectivity index (χ0v) is 14.0. The van der Waals surface area contributed by atoms with Crippen molar-refractivity contribution in [3.8, 4) is 5.75 Å². The van der Waals surface area contributed by atoms with Crippen molar-refractivity contribution >= 4 is 23.4 Å². The summed E-state index contributed by atoms with van der Waals surface area (Å²) >= 11 is 5.89. The molecule has 0 bridgehead atoms. The Labute approximate surface area is 141 Å². The van der Waals surface area contributed by atoms with Gasteiger partial charge in [0.1, 0.15) is 12.4 Å². The van der Waals surface area contributed by atoms with Gasteiger partial charge in [-0.05, 0) is 43.7 Å². The summed E-state index contributed by atoms with van der Waals surface area (Å²) in [5.41, 5.74) is 1.92. The quantitative estimate of drug-likeness (QED) is 0.568. The molecule has 0 unspecified atom stereocenters. The summed E-state index contributed by atoms with van der Waals surface area (Å²) in [5.74, 6) is 0.415. The monoisotopic (exact) mass is 333 g/mol. The van der Waals surface area contributed by atoms with Crippen LogP contribution in [-0.2, 0) is 4.74 Å². The minimum atomic E-state index is -0.723. The summed E-state index contributed by atoms with van der Waals surface area (Å²) in [6.45, 7) is 5.58. The molecule has 23 heavy (non-hydrogen) atoms. The van der Waals surface area contributed by atoms with Crippen LogP contribution in [0.2, 0.25) is 5.02 Å². The maximum atomic E-state index is 11.8. The number of benzene rings is 2. The van der Waals surface area contributed by atoms with Gasteiger partial charge in [0.05, 0.1) is 6.54 Å². The smallest absolute Gasteiger partial charge is 0.432 e. The fourth-order valence-electron chi connectivity index (χ4n) is 2.15. The van der Waals surface area contributed by atoms with Gasteiger partial charge in [0.2, 0.25) is 0 Å². The molecule has 0 aliphatic carbocycles. The van der Waals surface area contributed by atoms with Gasteiger partial charge in [-0.2, -0.15) is 0 Å². The molecule has 0 saturated heterocycles. The molecular formula is C18H20ClNO3. The molecule has 0 aliphatic rings. The largest absolute Gasteiger partial charge is 0.513 e. The molecule has 5 heteroatoms. The Hall–Kier alpha value is -2.20. The molecule has 0 heterocycles. The third-order valence-electron chi connectivity index (χ3n) is 3.43. The molecule has 0 N–H and O–H groups in total. The van der Waals surface area contributed by atoms with Crippen molar-refractivity contribution in [3.05, 3.63) is 59.1 Å². The van der Waals surface area contributed by atoms with Gasteiger partial charge in [-0.15, -0.1) is 0 Å². The van der Waals surface area contributed by atoms with E-state index in [0.717, 1.165) is 17.8 Å². The molecule has 0 aliphatic heterocycles. The van der Waals surface area contributed by atoms with Crippen molar-refractivity contribution in [1.29, 1.82) is 0 Å². The van der Waals surface area contributed by atoms with Crippen molar-refractivity contribution in [2.45, 2.75) is 13.8 Å². The van der Waals surface area contributed by atoms with Gasteiger partial charge >= 0.3 is 6.16 Å². The second-order valence-electron chi connectivity index (χ2n) is 5.03. The van der Waals surface area contributed by atoms with Crippen molar-refractivity contribution in [2.75, 3.05) is 24.6 Å². The lowest BCUT2D eigenvalue weighted by atomic mass is 10.2. The van der Waals surface area contributed by atoms with Gasteiger partial charge in [0.25, 0.3) is 0 Å². The van der Waals surface area contributed by atoms with Crippen LogP contribution in [0.5, 0.6) is 5.75 Å². The van der Waals surface area contributed by atoms with Crippen LogP contribution in [0, 0.1) is 6.92 Å². The predicted octanol–water partition coefficient (Wildman–Crippen LogP) is 4.69. The zero-order chi connectivity index (χ0) is 16.7. The minimum Gasteiger partial charge on any atom is -0.432 e. The van der Waals surface area contributed by atoms with Crippen molar-refractivity contribution in [1.82, 2.24) is 0 Å². The van der Waals surface area contributed by atoms with Crippen LogP contribution < -0.4 is 9.64 Å². The van der Waals surface area contributed by atoms with E-state index in [2.05, 4.69) is 11.8 Å². The van der Waals surface area contributed by atoms with Crippen molar-refractivity contribution in [3.63, 3.8) is 0 Å². The zero-order valence-electron chi connectivity index (χ0n) is 13.3. The van der Waals surface area contributed by atoms with E-state index >= 15 is 0 Å². The first-order valence-electron chi connectivity index (χ1n) is 7.51. The lowest BCUT2D eigenvalue weighted by Gasteiger charge is -2.22. The van der Waals surface area contributed by atoms with E-state index < -0.39 is 6.16 Å². The molecule has 0 atom stereocenters. The number of aryl methyl sites for hydroxylation is 1. The van der Waals surface area contributed by atoms with Crippen molar-refractivity contribution < 1.29 is 14.3 Å². The number of hydrogen-bond donors (Lipinski definition) is 0. The number of hydrogen-bond acceptors (Lipinski definition) is 4. The molecule has 2 aromatic rings. The van der Waals surface area contributed by atoms with E-state index in [1.54, 1.807) is 18.2 Å². The second-order valence-corrected chi connectivity index (χ2v) is 5.46. The summed E-state index contributed by atoms with van der Waals surface area (Å²) in [5, 5.41) is 0.514. The van der Waals surface area contributed by atoms with E-state index in [-0.39, 0.29) is 6.61 Å². The molecule has 122 valence electrons. The molecular weight excluding hydrogens is 314 g/mol. The number of nitrogens with zero attached hydrogens (tertiary/aromatic N) is 1. The number of rotatable bonds is 6. The van der Waals surface area contributed by atoms with Gasteiger partial charge in [-0.1, -0.05) is 35.9 Å². The van der Waals surface area contributed by atoms with E-state index in [1.165, 1.54) is 0 Å². The Morgan fingerprint density at radius 2 is 1.91 bits per heavy atom. The molecule has 0 saturated carbocycles. The molecule has 0 fully saturated rings. The highest BCUT2D eigenvalue weighted by molar-refractivity contribution is 6.30. The van der Waals surface area contributed by atoms with Crippen LogP contribution in [-0.4, -0.2) is 25.9 Å². The highest BCUT2D eigenvalue weighted by atomic mass is 35.5. The van der Waals surface area contributed by atoms with Crippen LogP contribution in [0.4, 0.5) is 10.5 Å². The van der Waals surface area contributed by atoms with Gasteiger partial charge in [0, 0.05) is 17.3 Å². The highest BCUT2D eigenvalue weighted by Gasteiger charge is 2.10. The Morgan fingerprint density at radius 3 is 2.61 bits per heavy atom. The molecule has 4 nitrogen and oxygen atoms in total. The second kappa shape index (κ2) is 8.44. The first-order valence-corrected chi connectivity index (χ1v) is 7.88. The Bertz CT molecular complexity index is 646. The Morgan fingerprint density at radius 1 is 1.17 bits per heavy atom. The molecule has 0 aromatic heterocycles. The van der Waals surface area contributed by atoms with E-state index in [4.69, 9.17) is 21.1 Å². The summed E-state index contributed by atoms with van der Waals surface area (Å²) in [6.07, 6.45) is -0.723. The molecule has 2 aromatic carbocycles. The third kappa shape index (κ3) is 5.18. The Balaban J connectivity index is 1.83. The molecule has 0 spiro atoms. The average Bonchev–Trinajstić information content (AvgIpc) is 2.56. The standard InChI is InChI=1S/C18H20ClNO3/c1-3-20(16-7-5-4-6-8-16)11-12-22-18(21)23-17-13-15(19)10-9-14(17)2/h4-10,13H,3,11-12H2,1-2H3. The van der Waals surface area contributed by atoms with E-state index in [0.29, 0.717) is 17.3 Å². The molecule has 0 radical (unpaired) electrons. The van der Waals surface area contributed by atoms with Crippen molar-refractivity contribution in [2.24, 2.45) is 0 Å². The van der Waals surface area contributed by atoms with Gasteiger partial charge < -0.3 is 14.4 Å². The fraction of sp³-hybridized carbons (Fsp3) is 0.278. The maximum absolute atomic E-state index is 11.8. The van der Waals surface area contributed by atoms with Gasteiger partial charge in [-0.3, -0.25) is 0 Å². The van der Waals surface area contributed by atoms with E-state index in [9.17, 15) is 4.79 Å². The third-order valence-corrected chi connectivity index (χ3v) is 3.66. The van der Waals surface area contributed by atoms with Gasteiger partial charge in [-0.25, -0.2) is 4.79 Å². The highest BCUT2D eigenvalue weighted by Crippen LogP contribution is 2.22. The van der Waals surface area contributed by atoms with Gasteiger partial charge in [0.15, 0.2) is 0 Å². The van der Waals surface area contributed by atoms with Crippen LogP contribution in [0.3, 0.4) is 0 Å². The van der Waals surface area contributed by atoms with Crippen LogP contribution in [0.1, 0.15) is 12.5 Å². The molecule has 2 rings (SSSR count). The number of halogens is 1. The number of likely N-dealkylation sites (N-methyl/N-ethyl adjacent to an activating group) is 1. The number of carbonyl (C=O) groups excluding carboxylic acids is 1. The number of ether oxygens (including phenoxy) is 2. The first-order chi connectivity index (χ1) is 11.1. The molecule has 0 amide bonds. The maximum Gasteiger partial charge on any atom is 0.513 e. The SMILES string of the molecule is CCN(CCOC(=O)Oc1cc(Cl)ccc1C)c1ccccc1. The predicted molar refractivity (Wildman–Crippen MR) is 92.5 cm³/mol. The summed E-state index contributed by atoms with van der Waals surface area (Å²) in [7, 11) is 0. The van der Waals surface area contributed by atoms with E-state index in [1.807, 2.05) is 37.3 Å². The Kier molecular flexibility index (Phi) is 6.29. The number of para-hydroxylation sites is 1. The number of carbonyl (C=O) groups is 1. The average molecular weight is 334 g/mol. The fourth-order valence-corrected chi connectivity index (χ4v) is 2.31. The lowest BCUT2D eigenvalue weighted by Crippen LogP contribution is -2.28. The topological polar surface area (TPSA) is 38.8 Å². The first kappa shape index (κ1) is 17.2.